The second-order valence-electron chi connectivity index (χ2n) is 6.95. The van der Waals surface area contributed by atoms with E-state index in [2.05, 4.69) is 16.0 Å². The third-order valence-electron chi connectivity index (χ3n) is 4.95. The van der Waals surface area contributed by atoms with Gasteiger partial charge in [0.05, 0.1) is 28.0 Å². The Balaban J connectivity index is 1.17. The summed E-state index contributed by atoms with van der Waals surface area (Å²) in [6.45, 7) is 1.32. The number of rotatable bonds is 5. The van der Waals surface area contributed by atoms with E-state index >= 15 is 0 Å². The minimum atomic E-state index is -0.0138. The molecule has 5 rings (SSSR count). The number of ether oxygens (including phenoxy) is 1. The van der Waals surface area contributed by atoms with Gasteiger partial charge in [0.2, 0.25) is 11.8 Å². The summed E-state index contributed by atoms with van der Waals surface area (Å²) in [7, 11) is 0. The summed E-state index contributed by atoms with van der Waals surface area (Å²) in [5, 5.41) is 1.09. The summed E-state index contributed by atoms with van der Waals surface area (Å²) in [6, 6.07) is 19.9. The predicted octanol–water partition coefficient (Wildman–Crippen LogP) is 4.62. The van der Waals surface area contributed by atoms with Crippen LogP contribution in [0, 0.1) is 0 Å². The summed E-state index contributed by atoms with van der Waals surface area (Å²) in [6.07, 6.45) is 0.812. The summed E-state index contributed by atoms with van der Waals surface area (Å²) in [5.41, 5.74) is 1.91. The Labute approximate surface area is 176 Å². The third kappa shape index (κ3) is 4.06. The number of hydrogen-bond acceptors (Lipinski definition) is 6. The van der Waals surface area contributed by atoms with Crippen LogP contribution in [-0.4, -0.2) is 45.7 Å². The van der Waals surface area contributed by atoms with Crippen LogP contribution in [0.4, 0.5) is 0 Å². The number of carbonyl (C=O) groups excluding carboxylic acids is 1. The largest absolute Gasteiger partial charge is 0.472 e. The molecule has 1 unspecified atom stereocenters. The number of amides is 1. The maximum absolute atomic E-state index is 12.6. The average molecular weight is 422 g/mol. The molecule has 3 heterocycles. The fourth-order valence-corrected chi connectivity index (χ4v) is 5.43. The third-order valence-corrected chi connectivity index (χ3v) is 7.12. The van der Waals surface area contributed by atoms with Gasteiger partial charge in [-0.2, -0.15) is 0 Å². The van der Waals surface area contributed by atoms with Gasteiger partial charge in [0.1, 0.15) is 6.10 Å². The number of carbonyl (C=O) groups is 1. The highest BCUT2D eigenvalue weighted by Crippen LogP contribution is 2.30. The van der Waals surface area contributed by atoms with E-state index in [9.17, 15) is 4.79 Å². The first-order chi connectivity index (χ1) is 14.2. The maximum atomic E-state index is 12.6. The van der Waals surface area contributed by atoms with E-state index in [0.717, 1.165) is 38.4 Å². The van der Waals surface area contributed by atoms with Gasteiger partial charge >= 0.3 is 0 Å². The Morgan fingerprint density at radius 2 is 1.90 bits per heavy atom. The van der Waals surface area contributed by atoms with Gasteiger partial charge in [0.15, 0.2) is 4.34 Å². The zero-order chi connectivity index (χ0) is 19.6. The summed E-state index contributed by atoms with van der Waals surface area (Å²) in [5.74, 6) is 1.15. The van der Waals surface area contributed by atoms with E-state index in [1.54, 1.807) is 11.3 Å². The number of likely N-dealkylation sites (tertiary alicyclic amines) is 1. The molecule has 1 saturated heterocycles. The van der Waals surface area contributed by atoms with Crippen molar-refractivity contribution in [2.45, 2.75) is 16.9 Å². The lowest BCUT2D eigenvalue weighted by Gasteiger charge is -2.16. The first kappa shape index (κ1) is 18.4. The van der Waals surface area contributed by atoms with E-state index in [0.29, 0.717) is 18.2 Å². The van der Waals surface area contributed by atoms with Crippen molar-refractivity contribution in [2.24, 2.45) is 0 Å². The number of hydrogen-bond donors (Lipinski definition) is 0. The Kier molecular flexibility index (Phi) is 5.08. The van der Waals surface area contributed by atoms with Crippen molar-refractivity contribution >= 4 is 50.1 Å². The Bertz CT molecular complexity index is 1140. The van der Waals surface area contributed by atoms with Crippen molar-refractivity contribution in [3.05, 3.63) is 60.7 Å². The molecule has 0 radical (unpaired) electrons. The van der Waals surface area contributed by atoms with E-state index in [-0.39, 0.29) is 12.0 Å². The SMILES string of the molecule is O=C(CSc1nc2ccccc2s1)N1CCC(Oc2ccc3ccccc3n2)C1. The van der Waals surface area contributed by atoms with Gasteiger partial charge in [-0.25, -0.2) is 9.97 Å². The fraction of sp³-hybridized carbons (Fsp3) is 0.227. The van der Waals surface area contributed by atoms with Gasteiger partial charge in [0.25, 0.3) is 0 Å². The van der Waals surface area contributed by atoms with Crippen LogP contribution in [0.25, 0.3) is 21.1 Å². The maximum Gasteiger partial charge on any atom is 0.233 e. The van der Waals surface area contributed by atoms with Crippen molar-refractivity contribution in [1.82, 2.24) is 14.9 Å². The van der Waals surface area contributed by atoms with Crippen LogP contribution in [0.5, 0.6) is 5.88 Å². The number of benzene rings is 2. The van der Waals surface area contributed by atoms with E-state index in [1.807, 2.05) is 59.5 Å². The Morgan fingerprint density at radius 1 is 1.07 bits per heavy atom. The molecule has 1 fully saturated rings. The van der Waals surface area contributed by atoms with Crippen molar-refractivity contribution in [3.63, 3.8) is 0 Å². The van der Waals surface area contributed by atoms with Gasteiger partial charge in [-0.15, -0.1) is 11.3 Å². The Hall–Kier alpha value is -2.64. The molecule has 1 aliphatic rings. The molecule has 2 aromatic carbocycles. The molecule has 0 bridgehead atoms. The highest BCUT2D eigenvalue weighted by Gasteiger charge is 2.28. The highest BCUT2D eigenvalue weighted by molar-refractivity contribution is 8.01. The first-order valence-corrected chi connectivity index (χ1v) is 11.3. The molecule has 4 aromatic rings. The molecule has 146 valence electrons. The molecule has 1 amide bonds. The summed E-state index contributed by atoms with van der Waals surface area (Å²) < 4.78 is 8.13. The quantitative estimate of drug-likeness (QED) is 0.440. The molecule has 29 heavy (non-hydrogen) atoms. The average Bonchev–Trinajstić information content (AvgIpc) is 3.38. The predicted molar refractivity (Wildman–Crippen MR) is 118 cm³/mol. The standard InChI is InChI=1S/C22H19N3O2S2/c26-21(14-28-22-24-18-7-3-4-8-19(18)29-22)25-12-11-16(13-25)27-20-10-9-15-5-1-2-6-17(15)23-20/h1-10,16H,11-14H2. The number of thioether (sulfide) groups is 1. The van der Waals surface area contributed by atoms with Gasteiger partial charge in [0, 0.05) is 24.4 Å². The molecular formula is C22H19N3O2S2. The lowest BCUT2D eigenvalue weighted by Crippen LogP contribution is -2.32. The number of thiazole rings is 1. The topological polar surface area (TPSA) is 55.3 Å². The van der Waals surface area contributed by atoms with Crippen LogP contribution in [0.3, 0.4) is 0 Å². The molecule has 0 spiro atoms. The minimum absolute atomic E-state index is 0.0138. The van der Waals surface area contributed by atoms with E-state index in [4.69, 9.17) is 4.74 Å². The van der Waals surface area contributed by atoms with Crippen molar-refractivity contribution in [2.75, 3.05) is 18.8 Å². The van der Waals surface area contributed by atoms with Crippen LogP contribution in [0.2, 0.25) is 0 Å². The number of fused-ring (bicyclic) bond motifs is 2. The van der Waals surface area contributed by atoms with Crippen LogP contribution >= 0.6 is 23.1 Å². The molecular weight excluding hydrogens is 402 g/mol. The van der Waals surface area contributed by atoms with Crippen molar-refractivity contribution < 1.29 is 9.53 Å². The molecule has 1 aliphatic heterocycles. The molecule has 2 aromatic heterocycles. The molecule has 1 atom stereocenters. The first-order valence-electron chi connectivity index (χ1n) is 9.53. The zero-order valence-corrected chi connectivity index (χ0v) is 17.3. The summed E-state index contributed by atoms with van der Waals surface area (Å²) in [4.78, 5) is 23.7. The van der Waals surface area contributed by atoms with Gasteiger partial charge in [-0.05, 0) is 24.3 Å². The van der Waals surface area contributed by atoms with E-state index in [1.165, 1.54) is 11.8 Å². The Morgan fingerprint density at radius 3 is 2.79 bits per heavy atom. The normalized spacial score (nSPS) is 16.6. The van der Waals surface area contributed by atoms with Crippen LogP contribution in [0.1, 0.15) is 6.42 Å². The van der Waals surface area contributed by atoms with E-state index < -0.39 is 0 Å². The van der Waals surface area contributed by atoms with Gasteiger partial charge in [-0.3, -0.25) is 4.79 Å². The number of aromatic nitrogens is 2. The second kappa shape index (κ2) is 8.00. The van der Waals surface area contributed by atoms with Crippen LogP contribution in [0.15, 0.2) is 65.0 Å². The molecule has 0 saturated carbocycles. The van der Waals surface area contributed by atoms with Crippen LogP contribution in [-0.2, 0) is 4.79 Å². The van der Waals surface area contributed by atoms with Crippen molar-refractivity contribution in [3.8, 4) is 5.88 Å². The second-order valence-corrected chi connectivity index (χ2v) is 9.20. The minimum Gasteiger partial charge on any atom is -0.472 e. The smallest absolute Gasteiger partial charge is 0.233 e. The number of pyridine rings is 1. The van der Waals surface area contributed by atoms with Gasteiger partial charge < -0.3 is 9.64 Å². The summed E-state index contributed by atoms with van der Waals surface area (Å²) >= 11 is 3.14. The fourth-order valence-electron chi connectivity index (χ4n) is 3.46. The highest BCUT2D eigenvalue weighted by atomic mass is 32.2. The molecule has 0 N–H and O–H groups in total. The van der Waals surface area contributed by atoms with Crippen LogP contribution < -0.4 is 4.74 Å². The van der Waals surface area contributed by atoms with Crippen molar-refractivity contribution in [1.29, 1.82) is 0 Å². The lowest BCUT2D eigenvalue weighted by molar-refractivity contribution is -0.127. The number of para-hydroxylation sites is 2. The van der Waals surface area contributed by atoms with Gasteiger partial charge in [-0.1, -0.05) is 42.1 Å². The lowest BCUT2D eigenvalue weighted by atomic mass is 10.2. The molecule has 5 nitrogen and oxygen atoms in total. The molecule has 7 heteroatoms. The molecule has 0 aliphatic carbocycles. The monoisotopic (exact) mass is 421 g/mol. The number of nitrogens with zero attached hydrogens (tertiary/aromatic N) is 3. The zero-order valence-electron chi connectivity index (χ0n) is 15.7.